The molecule has 0 aromatic heterocycles. The molecule has 2 rings (SSSR count). The second-order valence-electron chi connectivity index (χ2n) is 5.78. The average Bonchev–Trinajstić information content (AvgIpc) is 2.29. The van der Waals surface area contributed by atoms with E-state index in [0.717, 1.165) is 38.8 Å². The first kappa shape index (κ1) is 12.8. The second kappa shape index (κ2) is 5.36. The van der Waals surface area contributed by atoms with Gasteiger partial charge in [-0.3, -0.25) is 4.79 Å². The van der Waals surface area contributed by atoms with E-state index in [-0.39, 0.29) is 17.4 Å². The highest BCUT2D eigenvalue weighted by atomic mass is 16.5. The van der Waals surface area contributed by atoms with Crippen LogP contribution in [0.4, 0.5) is 0 Å². The van der Waals surface area contributed by atoms with E-state index in [4.69, 9.17) is 4.74 Å². The van der Waals surface area contributed by atoms with Crippen LogP contribution in [-0.2, 0) is 9.53 Å². The third-order valence-corrected chi connectivity index (χ3v) is 3.86. The Balaban J connectivity index is 1.87. The fourth-order valence-corrected chi connectivity index (χ4v) is 2.80. The van der Waals surface area contributed by atoms with Gasteiger partial charge in [0.15, 0.2) is 0 Å². The molecule has 0 aliphatic carbocycles. The summed E-state index contributed by atoms with van der Waals surface area (Å²) in [6, 6.07) is 0.454. The lowest BCUT2D eigenvalue weighted by molar-refractivity contribution is -0.129. The van der Waals surface area contributed by atoms with Gasteiger partial charge in [-0.2, -0.15) is 0 Å². The number of carbonyl (C=O) groups is 1. The van der Waals surface area contributed by atoms with Crippen molar-refractivity contribution < 1.29 is 9.53 Å². The van der Waals surface area contributed by atoms with Gasteiger partial charge < -0.3 is 15.4 Å². The van der Waals surface area contributed by atoms with Crippen molar-refractivity contribution in [3.63, 3.8) is 0 Å². The molecule has 4 heteroatoms. The number of piperidine rings is 1. The van der Waals surface area contributed by atoms with Crippen LogP contribution in [0.3, 0.4) is 0 Å². The highest BCUT2D eigenvalue weighted by Gasteiger charge is 2.33. The summed E-state index contributed by atoms with van der Waals surface area (Å²) in [6.07, 6.45) is 3.97. The van der Waals surface area contributed by atoms with E-state index in [1.54, 1.807) is 0 Å². The van der Waals surface area contributed by atoms with E-state index in [1.165, 1.54) is 0 Å². The van der Waals surface area contributed by atoms with Crippen LogP contribution in [0.2, 0.25) is 0 Å². The standard InChI is InChI=1S/C13H24N2O2/c1-10-8-11(4-6-14-10)12(16)15-13(2)5-3-7-17-9-13/h10-11,14H,3-9H2,1-2H3,(H,15,16). The lowest BCUT2D eigenvalue weighted by Crippen LogP contribution is -2.54. The summed E-state index contributed by atoms with van der Waals surface area (Å²) >= 11 is 0. The maximum Gasteiger partial charge on any atom is 0.223 e. The molecule has 2 aliphatic heterocycles. The van der Waals surface area contributed by atoms with E-state index in [9.17, 15) is 4.79 Å². The molecule has 98 valence electrons. The van der Waals surface area contributed by atoms with E-state index in [0.29, 0.717) is 12.6 Å². The summed E-state index contributed by atoms with van der Waals surface area (Å²) < 4.78 is 5.47. The molecule has 0 aromatic rings. The largest absolute Gasteiger partial charge is 0.379 e. The summed E-state index contributed by atoms with van der Waals surface area (Å²) in [4.78, 5) is 12.2. The van der Waals surface area contributed by atoms with Crippen molar-refractivity contribution in [1.82, 2.24) is 10.6 Å². The van der Waals surface area contributed by atoms with Crippen LogP contribution in [0.15, 0.2) is 0 Å². The van der Waals surface area contributed by atoms with E-state index in [2.05, 4.69) is 24.5 Å². The zero-order valence-electron chi connectivity index (χ0n) is 10.9. The Morgan fingerprint density at radius 3 is 3.00 bits per heavy atom. The fraction of sp³-hybridized carbons (Fsp3) is 0.923. The zero-order chi connectivity index (χ0) is 12.3. The van der Waals surface area contributed by atoms with Crippen LogP contribution in [0.5, 0.6) is 0 Å². The Morgan fingerprint density at radius 2 is 2.35 bits per heavy atom. The van der Waals surface area contributed by atoms with Crippen molar-refractivity contribution in [2.45, 2.75) is 51.1 Å². The number of rotatable bonds is 2. The molecule has 2 heterocycles. The van der Waals surface area contributed by atoms with Gasteiger partial charge in [0.2, 0.25) is 5.91 Å². The molecule has 2 aliphatic rings. The van der Waals surface area contributed by atoms with Gasteiger partial charge in [-0.1, -0.05) is 0 Å². The number of nitrogens with one attached hydrogen (secondary N) is 2. The van der Waals surface area contributed by atoms with Gasteiger partial charge in [-0.15, -0.1) is 0 Å². The maximum atomic E-state index is 12.2. The van der Waals surface area contributed by atoms with E-state index < -0.39 is 0 Å². The van der Waals surface area contributed by atoms with Gasteiger partial charge in [0.25, 0.3) is 0 Å². The molecular formula is C13H24N2O2. The van der Waals surface area contributed by atoms with Crippen LogP contribution in [0, 0.1) is 5.92 Å². The summed E-state index contributed by atoms with van der Waals surface area (Å²) in [5.74, 6) is 0.386. The Labute approximate surface area is 103 Å². The summed E-state index contributed by atoms with van der Waals surface area (Å²) in [6.45, 7) is 6.67. The van der Waals surface area contributed by atoms with Crippen LogP contribution in [-0.4, -0.2) is 37.2 Å². The summed E-state index contributed by atoms with van der Waals surface area (Å²) in [5.41, 5.74) is -0.149. The zero-order valence-corrected chi connectivity index (χ0v) is 10.9. The lowest BCUT2D eigenvalue weighted by Gasteiger charge is -2.36. The first-order valence-electron chi connectivity index (χ1n) is 6.72. The first-order chi connectivity index (χ1) is 8.09. The number of carbonyl (C=O) groups excluding carboxylic acids is 1. The molecule has 2 saturated heterocycles. The molecule has 0 radical (unpaired) electrons. The van der Waals surface area contributed by atoms with Crippen LogP contribution in [0.1, 0.15) is 39.5 Å². The minimum Gasteiger partial charge on any atom is -0.379 e. The van der Waals surface area contributed by atoms with Crippen molar-refractivity contribution in [2.24, 2.45) is 5.92 Å². The Morgan fingerprint density at radius 1 is 1.53 bits per heavy atom. The molecule has 0 saturated carbocycles. The molecule has 2 N–H and O–H groups in total. The van der Waals surface area contributed by atoms with Crippen molar-refractivity contribution in [3.05, 3.63) is 0 Å². The van der Waals surface area contributed by atoms with Gasteiger partial charge in [0.1, 0.15) is 0 Å². The Hall–Kier alpha value is -0.610. The Bertz CT molecular complexity index is 275. The van der Waals surface area contributed by atoms with Gasteiger partial charge >= 0.3 is 0 Å². The smallest absolute Gasteiger partial charge is 0.223 e. The quantitative estimate of drug-likeness (QED) is 0.759. The molecule has 17 heavy (non-hydrogen) atoms. The number of amides is 1. The monoisotopic (exact) mass is 240 g/mol. The lowest BCUT2D eigenvalue weighted by atomic mass is 9.89. The van der Waals surface area contributed by atoms with Gasteiger partial charge in [0.05, 0.1) is 12.1 Å². The van der Waals surface area contributed by atoms with Gasteiger partial charge in [-0.25, -0.2) is 0 Å². The van der Waals surface area contributed by atoms with Crippen molar-refractivity contribution >= 4 is 5.91 Å². The van der Waals surface area contributed by atoms with Gasteiger partial charge in [-0.05, 0) is 46.1 Å². The molecule has 1 amide bonds. The van der Waals surface area contributed by atoms with Gasteiger partial charge in [0, 0.05) is 18.6 Å². The van der Waals surface area contributed by atoms with E-state index >= 15 is 0 Å². The number of hydrogen-bond donors (Lipinski definition) is 2. The predicted octanol–water partition coefficient (Wildman–Crippen LogP) is 1.06. The van der Waals surface area contributed by atoms with Crippen LogP contribution in [0.25, 0.3) is 0 Å². The molecule has 2 fully saturated rings. The number of ether oxygens (including phenoxy) is 1. The molecule has 0 spiro atoms. The average molecular weight is 240 g/mol. The normalized spacial score (nSPS) is 38.7. The molecule has 3 unspecified atom stereocenters. The molecule has 0 bridgehead atoms. The first-order valence-corrected chi connectivity index (χ1v) is 6.72. The third-order valence-electron chi connectivity index (χ3n) is 3.86. The van der Waals surface area contributed by atoms with Crippen molar-refractivity contribution in [2.75, 3.05) is 19.8 Å². The SMILES string of the molecule is CC1CC(C(=O)NC2(C)CCCOC2)CCN1. The van der Waals surface area contributed by atoms with E-state index in [1.807, 2.05) is 0 Å². The van der Waals surface area contributed by atoms with Crippen LogP contribution < -0.4 is 10.6 Å². The summed E-state index contributed by atoms with van der Waals surface area (Å²) in [7, 11) is 0. The highest BCUT2D eigenvalue weighted by Crippen LogP contribution is 2.21. The molecule has 4 nitrogen and oxygen atoms in total. The molecule has 3 atom stereocenters. The number of hydrogen-bond acceptors (Lipinski definition) is 3. The minimum atomic E-state index is -0.149. The van der Waals surface area contributed by atoms with Crippen LogP contribution >= 0.6 is 0 Å². The minimum absolute atomic E-state index is 0.149. The third kappa shape index (κ3) is 3.42. The van der Waals surface area contributed by atoms with Crippen molar-refractivity contribution in [3.8, 4) is 0 Å². The topological polar surface area (TPSA) is 50.4 Å². The predicted molar refractivity (Wildman–Crippen MR) is 66.8 cm³/mol. The second-order valence-corrected chi connectivity index (χ2v) is 5.78. The summed E-state index contributed by atoms with van der Waals surface area (Å²) in [5, 5.41) is 6.57. The molecule has 0 aromatic carbocycles. The Kier molecular flexibility index (Phi) is 4.05. The van der Waals surface area contributed by atoms with Crippen molar-refractivity contribution in [1.29, 1.82) is 0 Å². The fourth-order valence-electron chi connectivity index (χ4n) is 2.80. The highest BCUT2D eigenvalue weighted by molar-refractivity contribution is 5.79. The maximum absolute atomic E-state index is 12.2. The molecular weight excluding hydrogens is 216 g/mol.